The van der Waals surface area contributed by atoms with Gasteiger partial charge in [-0.2, -0.15) is 0 Å². The molecule has 2 fully saturated rings. The number of benzene rings is 2. The smallest absolute Gasteiger partial charge is 0.240 e. The van der Waals surface area contributed by atoms with Crippen molar-refractivity contribution in [3.05, 3.63) is 60.8 Å². The minimum atomic E-state index is -3.56. The predicted octanol–water partition coefficient (Wildman–Crippen LogP) is 2.22. The summed E-state index contributed by atoms with van der Waals surface area (Å²) in [4.78, 5) is 11.7. The average Bonchev–Trinajstić information content (AvgIpc) is 3.41. The monoisotopic (exact) mass is 583 g/mol. The number of hydrogen-bond donors (Lipinski definition) is 3. The van der Waals surface area contributed by atoms with Crippen LogP contribution in [0.5, 0.6) is 11.5 Å². The maximum absolute atomic E-state index is 12.0. The SMILES string of the molecule is CNS(=O)(=O)c1cccc(OCC(O)CN[C@H]2COC3(CCN(c4nccc(-c5cccc(OC)c5)n4)CC3)C2)c1. The fourth-order valence-electron chi connectivity index (χ4n) is 5.29. The summed E-state index contributed by atoms with van der Waals surface area (Å²) >= 11 is 0. The molecule has 41 heavy (non-hydrogen) atoms. The van der Waals surface area contributed by atoms with Crippen LogP contribution in [0.15, 0.2) is 65.7 Å². The molecule has 0 aliphatic carbocycles. The molecule has 5 rings (SSSR count). The second-order valence-electron chi connectivity index (χ2n) is 10.4. The molecule has 12 heteroatoms. The van der Waals surface area contributed by atoms with Crippen molar-refractivity contribution in [2.45, 2.75) is 41.9 Å². The zero-order valence-corrected chi connectivity index (χ0v) is 24.1. The molecule has 1 spiro atoms. The molecule has 2 aliphatic rings. The molecule has 3 aromatic rings. The topological polar surface area (TPSA) is 135 Å². The normalized spacial score (nSPS) is 19.3. The summed E-state index contributed by atoms with van der Waals surface area (Å²) in [5.74, 6) is 1.88. The van der Waals surface area contributed by atoms with E-state index < -0.39 is 16.1 Å². The average molecular weight is 584 g/mol. The molecule has 0 saturated carbocycles. The number of anilines is 1. The van der Waals surface area contributed by atoms with Crippen LogP contribution in [-0.2, 0) is 14.8 Å². The molecule has 0 amide bonds. The highest BCUT2D eigenvalue weighted by Crippen LogP contribution is 2.37. The Kier molecular flexibility index (Phi) is 9.05. The third-order valence-corrected chi connectivity index (χ3v) is 9.06. The Labute approximate surface area is 240 Å². The molecule has 1 unspecified atom stereocenters. The molecule has 1 aromatic heterocycles. The van der Waals surface area contributed by atoms with Gasteiger partial charge < -0.3 is 29.5 Å². The summed E-state index contributed by atoms with van der Waals surface area (Å²) in [6.07, 6.45) is 3.64. The van der Waals surface area contributed by atoms with E-state index in [9.17, 15) is 13.5 Å². The fraction of sp³-hybridized carbons (Fsp3) is 0.448. The summed E-state index contributed by atoms with van der Waals surface area (Å²) in [6.45, 7) is 2.56. The van der Waals surface area contributed by atoms with Crippen molar-refractivity contribution in [1.82, 2.24) is 20.0 Å². The van der Waals surface area contributed by atoms with Gasteiger partial charge in [0.2, 0.25) is 16.0 Å². The first kappa shape index (κ1) is 29.2. The van der Waals surface area contributed by atoms with E-state index in [0.29, 0.717) is 24.8 Å². The van der Waals surface area contributed by atoms with E-state index in [1.54, 1.807) is 25.4 Å². The molecule has 2 atom stereocenters. The molecule has 2 aliphatic heterocycles. The van der Waals surface area contributed by atoms with Gasteiger partial charge in [0.15, 0.2) is 0 Å². The van der Waals surface area contributed by atoms with Crippen LogP contribution in [0.2, 0.25) is 0 Å². The second kappa shape index (κ2) is 12.7. The highest BCUT2D eigenvalue weighted by Gasteiger charge is 2.43. The van der Waals surface area contributed by atoms with Crippen LogP contribution in [0, 0.1) is 0 Å². The van der Waals surface area contributed by atoms with Crippen LogP contribution in [0.1, 0.15) is 19.3 Å². The van der Waals surface area contributed by atoms with Crippen molar-refractivity contribution < 1.29 is 27.7 Å². The molecule has 0 bridgehead atoms. The quantitative estimate of drug-likeness (QED) is 0.308. The molecule has 3 N–H and O–H groups in total. The Bertz CT molecular complexity index is 1430. The van der Waals surface area contributed by atoms with Gasteiger partial charge in [0.1, 0.15) is 24.2 Å². The van der Waals surface area contributed by atoms with E-state index in [1.807, 2.05) is 30.3 Å². The second-order valence-corrected chi connectivity index (χ2v) is 12.3. The molecular weight excluding hydrogens is 546 g/mol. The van der Waals surface area contributed by atoms with Gasteiger partial charge in [-0.25, -0.2) is 23.1 Å². The van der Waals surface area contributed by atoms with Crippen LogP contribution in [0.4, 0.5) is 5.95 Å². The van der Waals surface area contributed by atoms with E-state index in [-0.39, 0.29) is 23.1 Å². The molecule has 220 valence electrons. The summed E-state index contributed by atoms with van der Waals surface area (Å²) in [5.41, 5.74) is 1.64. The zero-order chi connectivity index (χ0) is 28.9. The number of nitrogens with one attached hydrogen (secondary N) is 2. The van der Waals surface area contributed by atoms with Crippen molar-refractivity contribution in [2.75, 3.05) is 51.9 Å². The van der Waals surface area contributed by atoms with Gasteiger partial charge in [-0.05, 0) is 56.6 Å². The number of ether oxygens (including phenoxy) is 3. The van der Waals surface area contributed by atoms with Crippen molar-refractivity contribution in [2.24, 2.45) is 0 Å². The number of methoxy groups -OCH3 is 1. The van der Waals surface area contributed by atoms with Crippen molar-refractivity contribution in [3.8, 4) is 22.8 Å². The van der Waals surface area contributed by atoms with Gasteiger partial charge in [-0.3, -0.25) is 0 Å². The van der Waals surface area contributed by atoms with Crippen LogP contribution >= 0.6 is 0 Å². The van der Waals surface area contributed by atoms with Crippen LogP contribution in [0.25, 0.3) is 11.3 Å². The lowest BCUT2D eigenvalue weighted by atomic mass is 9.87. The third-order valence-electron chi connectivity index (χ3n) is 7.64. The van der Waals surface area contributed by atoms with Crippen molar-refractivity contribution in [3.63, 3.8) is 0 Å². The number of rotatable bonds is 11. The Morgan fingerprint density at radius 2 is 1.93 bits per heavy atom. The Morgan fingerprint density at radius 1 is 1.15 bits per heavy atom. The molecule has 0 radical (unpaired) electrons. The maximum Gasteiger partial charge on any atom is 0.240 e. The summed E-state index contributed by atoms with van der Waals surface area (Å²) in [5, 5.41) is 13.9. The Hall–Kier alpha value is -3.29. The number of sulfonamides is 1. The van der Waals surface area contributed by atoms with Gasteiger partial charge in [0.25, 0.3) is 0 Å². The van der Waals surface area contributed by atoms with Crippen molar-refractivity contribution in [1.29, 1.82) is 0 Å². The molecule has 3 heterocycles. The highest BCUT2D eigenvalue weighted by atomic mass is 32.2. The van der Waals surface area contributed by atoms with E-state index >= 15 is 0 Å². The largest absolute Gasteiger partial charge is 0.497 e. The van der Waals surface area contributed by atoms with E-state index in [1.165, 1.54) is 19.2 Å². The third kappa shape index (κ3) is 7.14. The first-order valence-corrected chi connectivity index (χ1v) is 15.2. The standard InChI is InChI=1S/C29H37N5O6S/c1-30-41(36,37)26-8-4-7-25(16-26)39-20-23(35)18-32-22-17-29(40-19-22)10-13-34(14-11-29)28-31-12-9-27(33-28)21-5-3-6-24(15-21)38-2/h3-9,12,15-16,22-23,30,32,35H,10-11,13-14,17-20H2,1-2H3/t22-,23?/m1/s1. The molecule has 11 nitrogen and oxygen atoms in total. The lowest BCUT2D eigenvalue weighted by Gasteiger charge is -2.38. The van der Waals surface area contributed by atoms with Gasteiger partial charge in [-0.1, -0.05) is 18.2 Å². The van der Waals surface area contributed by atoms with E-state index in [0.717, 1.165) is 49.4 Å². The number of aliphatic hydroxyl groups excluding tert-OH is 1. The minimum absolute atomic E-state index is 0.0402. The first-order valence-electron chi connectivity index (χ1n) is 13.7. The highest BCUT2D eigenvalue weighted by molar-refractivity contribution is 7.89. The summed E-state index contributed by atoms with van der Waals surface area (Å²) in [7, 11) is -0.553. The number of piperidine rings is 1. The predicted molar refractivity (Wildman–Crippen MR) is 155 cm³/mol. The molecule has 2 saturated heterocycles. The van der Waals surface area contributed by atoms with E-state index in [2.05, 4.69) is 19.9 Å². The molecule has 2 aromatic carbocycles. The van der Waals surface area contributed by atoms with Gasteiger partial charge >= 0.3 is 0 Å². The summed E-state index contributed by atoms with van der Waals surface area (Å²) in [6, 6.07) is 16.1. The number of hydrogen-bond acceptors (Lipinski definition) is 10. The van der Waals surface area contributed by atoms with Gasteiger partial charge in [0.05, 0.1) is 29.9 Å². The van der Waals surface area contributed by atoms with Crippen LogP contribution < -0.4 is 24.4 Å². The zero-order valence-electron chi connectivity index (χ0n) is 23.3. The number of nitrogens with zero attached hydrogens (tertiary/aromatic N) is 3. The van der Waals surface area contributed by atoms with Crippen molar-refractivity contribution >= 4 is 16.0 Å². The Morgan fingerprint density at radius 3 is 2.71 bits per heavy atom. The number of aromatic nitrogens is 2. The maximum atomic E-state index is 12.0. The van der Waals surface area contributed by atoms with Gasteiger partial charge in [-0.15, -0.1) is 0 Å². The number of aliphatic hydroxyl groups is 1. The first-order chi connectivity index (χ1) is 19.8. The van der Waals surface area contributed by atoms with Crippen LogP contribution in [-0.4, -0.2) is 88.2 Å². The Balaban J connectivity index is 1.08. The fourth-order valence-corrected chi connectivity index (χ4v) is 6.05. The van der Waals surface area contributed by atoms with Crippen LogP contribution in [0.3, 0.4) is 0 Å². The summed E-state index contributed by atoms with van der Waals surface area (Å²) < 4.78 is 43.6. The lowest BCUT2D eigenvalue weighted by Crippen LogP contribution is -2.45. The minimum Gasteiger partial charge on any atom is -0.497 e. The van der Waals surface area contributed by atoms with E-state index in [4.69, 9.17) is 19.2 Å². The molecular formula is C29H37N5O6S. The lowest BCUT2D eigenvalue weighted by molar-refractivity contribution is -0.0152. The van der Waals surface area contributed by atoms with Gasteiger partial charge in [0, 0.05) is 43.5 Å².